The van der Waals surface area contributed by atoms with Crippen molar-refractivity contribution in [1.82, 2.24) is 4.90 Å². The standard InChI is InChI=1S/C16H18F3NO3S/c1-10(15(22)23)24-13-5-3-2-4-12(13)14(21)20-8-6-11(7-9-20)16(17,18)19/h2-5,10-11H,6-9H2,1H3,(H,22,23). The van der Waals surface area contributed by atoms with E-state index in [0.29, 0.717) is 10.5 Å². The Hall–Kier alpha value is -1.70. The second-order valence-electron chi connectivity index (χ2n) is 5.70. The van der Waals surface area contributed by atoms with Crippen LogP contribution in [0.5, 0.6) is 0 Å². The van der Waals surface area contributed by atoms with E-state index in [-0.39, 0.29) is 31.8 Å². The molecule has 1 atom stereocenters. The molecule has 1 aliphatic rings. The van der Waals surface area contributed by atoms with Gasteiger partial charge in [0, 0.05) is 18.0 Å². The van der Waals surface area contributed by atoms with Gasteiger partial charge < -0.3 is 10.0 Å². The van der Waals surface area contributed by atoms with Gasteiger partial charge in [0.15, 0.2) is 0 Å². The van der Waals surface area contributed by atoms with Crippen molar-refractivity contribution in [2.45, 2.75) is 36.1 Å². The molecule has 0 aromatic heterocycles. The summed E-state index contributed by atoms with van der Waals surface area (Å²) in [6.07, 6.45) is -4.42. The van der Waals surface area contributed by atoms with Gasteiger partial charge in [-0.05, 0) is 31.9 Å². The number of alkyl halides is 3. The summed E-state index contributed by atoms with van der Waals surface area (Å²) >= 11 is 1.05. The van der Waals surface area contributed by atoms with E-state index in [1.807, 2.05) is 0 Å². The van der Waals surface area contributed by atoms with Crippen LogP contribution >= 0.6 is 11.8 Å². The molecule has 24 heavy (non-hydrogen) atoms. The number of carboxylic acids is 1. The van der Waals surface area contributed by atoms with Gasteiger partial charge in [0.1, 0.15) is 5.25 Å². The number of amides is 1. The minimum Gasteiger partial charge on any atom is -0.480 e. The lowest BCUT2D eigenvalue weighted by Crippen LogP contribution is -2.42. The first-order valence-corrected chi connectivity index (χ1v) is 8.42. The lowest BCUT2D eigenvalue weighted by molar-refractivity contribution is -0.183. The van der Waals surface area contributed by atoms with Crippen LogP contribution in [0.15, 0.2) is 29.2 Å². The number of thioether (sulfide) groups is 1. The van der Waals surface area contributed by atoms with Crippen molar-refractivity contribution in [2.24, 2.45) is 5.92 Å². The van der Waals surface area contributed by atoms with E-state index >= 15 is 0 Å². The molecule has 4 nitrogen and oxygen atoms in total. The minimum atomic E-state index is -4.22. The number of rotatable bonds is 4. The third-order valence-corrected chi connectivity index (χ3v) is 5.18. The molecular formula is C16H18F3NO3S. The molecule has 1 fully saturated rings. The van der Waals surface area contributed by atoms with Gasteiger partial charge in [-0.25, -0.2) is 0 Å². The number of piperidine rings is 1. The second kappa shape index (κ2) is 7.46. The van der Waals surface area contributed by atoms with Gasteiger partial charge in [-0.3, -0.25) is 9.59 Å². The van der Waals surface area contributed by atoms with Crippen molar-refractivity contribution in [1.29, 1.82) is 0 Å². The Morgan fingerprint density at radius 3 is 2.38 bits per heavy atom. The molecule has 0 bridgehead atoms. The van der Waals surface area contributed by atoms with Crippen molar-refractivity contribution in [3.05, 3.63) is 29.8 Å². The van der Waals surface area contributed by atoms with Crippen molar-refractivity contribution >= 4 is 23.6 Å². The third kappa shape index (κ3) is 4.43. The first-order valence-electron chi connectivity index (χ1n) is 7.54. The van der Waals surface area contributed by atoms with Crippen LogP contribution in [0.25, 0.3) is 0 Å². The minimum absolute atomic E-state index is 0.0521. The summed E-state index contributed by atoms with van der Waals surface area (Å²) in [5, 5.41) is 8.28. The third-order valence-electron chi connectivity index (χ3n) is 4.01. The van der Waals surface area contributed by atoms with Gasteiger partial charge in [-0.15, -0.1) is 11.8 Å². The number of carboxylic acid groups (broad SMARTS) is 1. The van der Waals surface area contributed by atoms with E-state index < -0.39 is 23.3 Å². The predicted octanol–water partition coefficient (Wildman–Crippen LogP) is 3.67. The average Bonchev–Trinajstić information content (AvgIpc) is 2.54. The quantitative estimate of drug-likeness (QED) is 0.832. The van der Waals surface area contributed by atoms with Gasteiger partial charge >= 0.3 is 12.1 Å². The van der Waals surface area contributed by atoms with E-state index in [2.05, 4.69) is 0 Å². The van der Waals surface area contributed by atoms with E-state index in [1.54, 1.807) is 24.3 Å². The summed E-state index contributed by atoms with van der Waals surface area (Å²) in [6.45, 7) is 1.62. The smallest absolute Gasteiger partial charge is 0.391 e. The Morgan fingerprint density at radius 1 is 1.25 bits per heavy atom. The fourth-order valence-corrected chi connectivity index (χ4v) is 3.49. The number of benzene rings is 1. The summed E-state index contributed by atoms with van der Waals surface area (Å²) in [6, 6.07) is 6.59. The molecule has 0 aliphatic carbocycles. The summed E-state index contributed by atoms with van der Waals surface area (Å²) < 4.78 is 38.1. The Balaban J connectivity index is 2.10. The Bertz CT molecular complexity index is 613. The summed E-state index contributed by atoms with van der Waals surface area (Å²) in [4.78, 5) is 25.5. The van der Waals surface area contributed by atoms with Crippen molar-refractivity contribution in [3.63, 3.8) is 0 Å². The van der Waals surface area contributed by atoms with Gasteiger partial charge in [0.25, 0.3) is 5.91 Å². The number of nitrogens with zero attached hydrogens (tertiary/aromatic N) is 1. The molecular weight excluding hydrogens is 343 g/mol. The van der Waals surface area contributed by atoms with Crippen LogP contribution in [0.1, 0.15) is 30.1 Å². The lowest BCUT2D eigenvalue weighted by atomic mass is 9.96. The first kappa shape index (κ1) is 18.6. The van der Waals surface area contributed by atoms with Crippen LogP contribution in [0, 0.1) is 5.92 Å². The molecule has 1 aromatic rings. The van der Waals surface area contributed by atoms with Gasteiger partial charge in [0.05, 0.1) is 11.5 Å². The highest BCUT2D eigenvalue weighted by Crippen LogP contribution is 2.35. The van der Waals surface area contributed by atoms with Crippen LogP contribution in [0.2, 0.25) is 0 Å². The molecule has 1 aliphatic heterocycles. The zero-order valence-corrected chi connectivity index (χ0v) is 13.9. The molecule has 132 valence electrons. The lowest BCUT2D eigenvalue weighted by Gasteiger charge is -2.33. The highest BCUT2D eigenvalue weighted by molar-refractivity contribution is 8.00. The van der Waals surface area contributed by atoms with E-state index in [0.717, 1.165) is 11.8 Å². The normalized spacial score (nSPS) is 17.6. The molecule has 8 heteroatoms. The van der Waals surface area contributed by atoms with Crippen LogP contribution in [0.3, 0.4) is 0 Å². The van der Waals surface area contributed by atoms with E-state index in [1.165, 1.54) is 11.8 Å². The number of hydrogen-bond acceptors (Lipinski definition) is 3. The van der Waals surface area contributed by atoms with Crippen molar-refractivity contribution in [3.8, 4) is 0 Å². The van der Waals surface area contributed by atoms with E-state index in [9.17, 15) is 22.8 Å². The second-order valence-corrected chi connectivity index (χ2v) is 7.09. The maximum atomic E-state index is 12.7. The maximum absolute atomic E-state index is 12.7. The summed E-state index contributed by atoms with van der Waals surface area (Å²) in [5.74, 6) is -2.71. The highest BCUT2D eigenvalue weighted by Gasteiger charge is 2.41. The topological polar surface area (TPSA) is 57.6 Å². The number of hydrogen-bond donors (Lipinski definition) is 1. The van der Waals surface area contributed by atoms with Crippen LogP contribution in [-0.4, -0.2) is 46.4 Å². The molecule has 0 radical (unpaired) electrons. The molecule has 1 saturated heterocycles. The molecule has 1 heterocycles. The van der Waals surface area contributed by atoms with Crippen LogP contribution in [-0.2, 0) is 4.79 Å². The van der Waals surface area contributed by atoms with Crippen molar-refractivity contribution in [2.75, 3.05) is 13.1 Å². The molecule has 1 aromatic carbocycles. The average molecular weight is 361 g/mol. The molecule has 1 amide bonds. The zero-order valence-electron chi connectivity index (χ0n) is 13.0. The van der Waals surface area contributed by atoms with Crippen LogP contribution < -0.4 is 0 Å². The maximum Gasteiger partial charge on any atom is 0.391 e. The fraction of sp³-hybridized carbons (Fsp3) is 0.500. The largest absolute Gasteiger partial charge is 0.480 e. The number of carbonyl (C=O) groups is 2. The molecule has 1 N–H and O–H groups in total. The van der Waals surface area contributed by atoms with Crippen molar-refractivity contribution < 1.29 is 27.9 Å². The predicted molar refractivity (Wildman–Crippen MR) is 84.1 cm³/mol. The SMILES string of the molecule is CC(Sc1ccccc1C(=O)N1CCC(C(F)(F)F)CC1)C(=O)O. The fourth-order valence-electron chi connectivity index (χ4n) is 2.57. The monoisotopic (exact) mass is 361 g/mol. The Labute approximate surface area is 142 Å². The number of halogens is 3. The van der Waals surface area contributed by atoms with Crippen LogP contribution in [0.4, 0.5) is 13.2 Å². The summed E-state index contributed by atoms with van der Waals surface area (Å²) in [7, 11) is 0. The molecule has 1 unspecified atom stereocenters. The number of carbonyl (C=O) groups excluding carboxylic acids is 1. The van der Waals surface area contributed by atoms with Gasteiger partial charge in [-0.1, -0.05) is 12.1 Å². The first-order chi connectivity index (χ1) is 11.2. The van der Waals surface area contributed by atoms with Gasteiger partial charge in [-0.2, -0.15) is 13.2 Å². The zero-order chi connectivity index (χ0) is 17.9. The molecule has 0 saturated carbocycles. The number of aliphatic carboxylic acids is 1. The summed E-state index contributed by atoms with van der Waals surface area (Å²) in [5.41, 5.74) is 0.334. The number of likely N-dealkylation sites (tertiary alicyclic amines) is 1. The Kier molecular flexibility index (Phi) is 5.79. The van der Waals surface area contributed by atoms with E-state index in [4.69, 9.17) is 5.11 Å². The van der Waals surface area contributed by atoms with Gasteiger partial charge in [0.2, 0.25) is 0 Å². The highest BCUT2D eigenvalue weighted by atomic mass is 32.2. The molecule has 2 rings (SSSR count). The Morgan fingerprint density at radius 2 is 1.83 bits per heavy atom. The molecule has 0 spiro atoms.